The molecule has 1 unspecified atom stereocenters. The van der Waals surface area contributed by atoms with Crippen LogP contribution in [0.2, 0.25) is 15.1 Å². The van der Waals surface area contributed by atoms with Crippen molar-refractivity contribution in [2.45, 2.75) is 6.04 Å². The summed E-state index contributed by atoms with van der Waals surface area (Å²) in [6.07, 6.45) is 1.47. The monoisotopic (exact) mass is 415 g/mol. The standard InChI is InChI=1S/C17H12Cl3NO3S/c18-12-6-4-11(5-7-12)17(22)21(13-8-9-25(23,24)10-13)15-3-1-2-14(19)16(15)20/h1-9,13H,10H2. The molecule has 1 amide bonds. The second-order valence-corrected chi connectivity index (χ2v) is 8.63. The highest BCUT2D eigenvalue weighted by Crippen LogP contribution is 2.35. The molecule has 1 atom stereocenters. The first-order valence-electron chi connectivity index (χ1n) is 7.22. The summed E-state index contributed by atoms with van der Waals surface area (Å²) in [6.45, 7) is 0. The highest BCUT2D eigenvalue weighted by molar-refractivity contribution is 7.94. The Labute approximate surface area is 160 Å². The first-order valence-corrected chi connectivity index (χ1v) is 10.1. The van der Waals surface area contributed by atoms with Gasteiger partial charge in [0.1, 0.15) is 0 Å². The van der Waals surface area contributed by atoms with Gasteiger partial charge in [0.15, 0.2) is 9.84 Å². The van der Waals surface area contributed by atoms with Crippen LogP contribution in [0.4, 0.5) is 5.69 Å². The van der Waals surface area contributed by atoms with E-state index in [1.165, 1.54) is 11.0 Å². The lowest BCUT2D eigenvalue weighted by molar-refractivity contribution is 0.0983. The third-order valence-electron chi connectivity index (χ3n) is 3.74. The average Bonchev–Trinajstić information content (AvgIpc) is 2.92. The van der Waals surface area contributed by atoms with Crippen LogP contribution in [0.1, 0.15) is 10.4 Å². The van der Waals surface area contributed by atoms with Crippen LogP contribution in [0.5, 0.6) is 0 Å². The van der Waals surface area contributed by atoms with Crippen molar-refractivity contribution < 1.29 is 13.2 Å². The summed E-state index contributed by atoms with van der Waals surface area (Å²) in [5, 5.41) is 2.06. The number of hydrogen-bond acceptors (Lipinski definition) is 3. The van der Waals surface area contributed by atoms with E-state index in [1.54, 1.807) is 42.5 Å². The molecule has 2 aromatic rings. The fraction of sp³-hybridized carbons (Fsp3) is 0.118. The van der Waals surface area contributed by atoms with Crippen LogP contribution in [-0.2, 0) is 9.84 Å². The molecule has 0 saturated heterocycles. The fourth-order valence-electron chi connectivity index (χ4n) is 2.57. The predicted molar refractivity (Wildman–Crippen MR) is 101 cm³/mol. The van der Waals surface area contributed by atoms with Crippen molar-refractivity contribution in [2.75, 3.05) is 10.7 Å². The molecule has 0 bridgehead atoms. The SMILES string of the molecule is O=C(c1ccc(Cl)cc1)N(c1cccc(Cl)c1Cl)C1C=CS(=O)(=O)C1. The van der Waals surface area contributed by atoms with Crippen LogP contribution in [-0.4, -0.2) is 26.1 Å². The quantitative estimate of drug-likeness (QED) is 0.734. The van der Waals surface area contributed by atoms with E-state index < -0.39 is 21.8 Å². The first-order chi connectivity index (χ1) is 11.8. The largest absolute Gasteiger partial charge is 0.299 e. The normalized spacial score (nSPS) is 18.3. The zero-order chi connectivity index (χ0) is 18.2. The van der Waals surface area contributed by atoms with Gasteiger partial charge in [-0.05, 0) is 42.5 Å². The van der Waals surface area contributed by atoms with E-state index >= 15 is 0 Å². The third-order valence-corrected chi connectivity index (χ3v) is 6.18. The number of rotatable bonds is 3. The molecule has 0 N–H and O–H groups in total. The third kappa shape index (κ3) is 3.85. The van der Waals surface area contributed by atoms with Crippen molar-refractivity contribution in [1.82, 2.24) is 0 Å². The Morgan fingerprint density at radius 3 is 2.32 bits per heavy atom. The van der Waals surface area contributed by atoms with Crippen LogP contribution < -0.4 is 4.90 Å². The van der Waals surface area contributed by atoms with Crippen molar-refractivity contribution in [1.29, 1.82) is 0 Å². The van der Waals surface area contributed by atoms with Gasteiger partial charge in [0.2, 0.25) is 0 Å². The average molecular weight is 417 g/mol. The topological polar surface area (TPSA) is 54.5 Å². The van der Waals surface area contributed by atoms with Gasteiger partial charge in [-0.25, -0.2) is 8.42 Å². The van der Waals surface area contributed by atoms with E-state index in [-0.39, 0.29) is 15.8 Å². The highest BCUT2D eigenvalue weighted by atomic mass is 35.5. The molecule has 0 aromatic heterocycles. The summed E-state index contributed by atoms with van der Waals surface area (Å²) in [5.41, 5.74) is 0.707. The van der Waals surface area contributed by atoms with E-state index in [4.69, 9.17) is 34.8 Å². The number of sulfone groups is 1. The minimum absolute atomic E-state index is 0.184. The molecule has 1 aliphatic heterocycles. The summed E-state index contributed by atoms with van der Waals surface area (Å²) in [5.74, 6) is -0.609. The second kappa shape index (κ2) is 7.00. The van der Waals surface area contributed by atoms with E-state index in [1.807, 2.05) is 0 Å². The molecule has 25 heavy (non-hydrogen) atoms. The van der Waals surface area contributed by atoms with Gasteiger partial charge in [-0.15, -0.1) is 0 Å². The van der Waals surface area contributed by atoms with Crippen LogP contribution in [0.3, 0.4) is 0 Å². The van der Waals surface area contributed by atoms with Crippen molar-refractivity contribution in [3.8, 4) is 0 Å². The number of amides is 1. The summed E-state index contributed by atoms with van der Waals surface area (Å²) in [7, 11) is -3.37. The van der Waals surface area contributed by atoms with Gasteiger partial charge in [0.05, 0.1) is 27.5 Å². The Morgan fingerprint density at radius 2 is 1.72 bits per heavy atom. The maximum atomic E-state index is 13.1. The molecule has 130 valence electrons. The Hall–Kier alpha value is -1.53. The van der Waals surface area contributed by atoms with Gasteiger partial charge in [-0.3, -0.25) is 9.69 Å². The van der Waals surface area contributed by atoms with Crippen molar-refractivity contribution in [2.24, 2.45) is 0 Å². The van der Waals surface area contributed by atoms with Crippen molar-refractivity contribution in [3.05, 3.63) is 74.6 Å². The molecule has 0 spiro atoms. The molecule has 0 aliphatic carbocycles. The van der Waals surface area contributed by atoms with E-state index in [2.05, 4.69) is 0 Å². The number of benzene rings is 2. The number of hydrogen-bond donors (Lipinski definition) is 0. The molecule has 1 heterocycles. The zero-order valence-electron chi connectivity index (χ0n) is 12.7. The van der Waals surface area contributed by atoms with E-state index in [0.29, 0.717) is 16.3 Å². The Kier molecular flexibility index (Phi) is 5.11. The summed E-state index contributed by atoms with van der Waals surface area (Å²) >= 11 is 18.2. The summed E-state index contributed by atoms with van der Waals surface area (Å²) in [6, 6.07) is 10.5. The van der Waals surface area contributed by atoms with Crippen LogP contribution in [0, 0.1) is 0 Å². The zero-order valence-corrected chi connectivity index (χ0v) is 15.8. The number of carbonyl (C=O) groups excluding carboxylic acids is 1. The fourth-order valence-corrected chi connectivity index (χ4v) is 4.35. The molecule has 0 saturated carbocycles. The lowest BCUT2D eigenvalue weighted by Crippen LogP contribution is -2.41. The minimum atomic E-state index is -3.37. The molecule has 8 heteroatoms. The first kappa shape index (κ1) is 18.3. The van der Waals surface area contributed by atoms with Gasteiger partial charge >= 0.3 is 0 Å². The molecule has 1 aliphatic rings. The molecule has 0 fully saturated rings. The van der Waals surface area contributed by atoms with Gasteiger partial charge < -0.3 is 0 Å². The van der Waals surface area contributed by atoms with Crippen LogP contribution >= 0.6 is 34.8 Å². The molecule has 0 radical (unpaired) electrons. The maximum Gasteiger partial charge on any atom is 0.258 e. The smallest absolute Gasteiger partial charge is 0.258 e. The summed E-state index contributed by atoms with van der Waals surface area (Å²) in [4.78, 5) is 14.4. The van der Waals surface area contributed by atoms with E-state index in [0.717, 1.165) is 5.41 Å². The van der Waals surface area contributed by atoms with Gasteiger partial charge in [0, 0.05) is 16.0 Å². The maximum absolute atomic E-state index is 13.1. The molecular weight excluding hydrogens is 405 g/mol. The lowest BCUT2D eigenvalue weighted by atomic mass is 10.1. The molecular formula is C17H12Cl3NO3S. The van der Waals surface area contributed by atoms with Gasteiger partial charge in [-0.1, -0.05) is 40.9 Å². The number of halogens is 3. The number of carbonyl (C=O) groups is 1. The number of nitrogens with zero attached hydrogens (tertiary/aromatic N) is 1. The highest BCUT2D eigenvalue weighted by Gasteiger charge is 2.33. The molecule has 3 rings (SSSR count). The van der Waals surface area contributed by atoms with Crippen molar-refractivity contribution >= 4 is 56.2 Å². The lowest BCUT2D eigenvalue weighted by Gasteiger charge is -2.29. The van der Waals surface area contributed by atoms with Crippen LogP contribution in [0.15, 0.2) is 53.9 Å². The van der Waals surface area contributed by atoms with Gasteiger partial charge in [-0.2, -0.15) is 0 Å². The molecule has 2 aromatic carbocycles. The predicted octanol–water partition coefficient (Wildman–Crippen LogP) is 4.60. The van der Waals surface area contributed by atoms with Crippen molar-refractivity contribution in [3.63, 3.8) is 0 Å². The van der Waals surface area contributed by atoms with E-state index in [9.17, 15) is 13.2 Å². The second-order valence-electron chi connectivity index (χ2n) is 5.48. The Morgan fingerprint density at radius 1 is 1.04 bits per heavy atom. The van der Waals surface area contributed by atoms with Crippen LogP contribution in [0.25, 0.3) is 0 Å². The Balaban J connectivity index is 2.09. The van der Waals surface area contributed by atoms with Gasteiger partial charge in [0.25, 0.3) is 5.91 Å². The summed E-state index contributed by atoms with van der Waals surface area (Å²) < 4.78 is 23.7. The molecule has 4 nitrogen and oxygen atoms in total. The minimum Gasteiger partial charge on any atom is -0.299 e. The number of anilines is 1. The Bertz CT molecular complexity index is 956.